The number of nitrogens with one attached hydrogen (secondary N) is 3. The van der Waals surface area contributed by atoms with E-state index in [1.54, 1.807) is 28.0 Å². The van der Waals surface area contributed by atoms with Crippen LogP contribution < -0.4 is 16.0 Å². The van der Waals surface area contributed by atoms with E-state index in [1.165, 1.54) is 6.92 Å². The summed E-state index contributed by atoms with van der Waals surface area (Å²) in [4.78, 5) is 73.6. The second-order valence-electron chi connectivity index (χ2n) is 18.5. The molecule has 3 fully saturated rings. The SMILES string of the molecule is CC1O[C@H](COC(=O)NCCC(C(=O)O)N2CCN(CCCNC(=O)OC[C@H]3OC(O)[C@H](O)[C@@H](O)[C@@H]3O)CCN(C(CCNC(=O)OC[C@H]3OC(O)[C@H](O)[C@@H](O)[C@@H]3O)C(=O)O)Cc3cccc(n3)C2)[C@@H](O)[C@H](O)[C@H]1O. The highest BCUT2D eigenvalue weighted by Gasteiger charge is 2.45. The lowest BCUT2D eigenvalue weighted by molar-refractivity contribution is -0.286. The Morgan fingerprint density at radius 2 is 0.947 bits per heavy atom. The minimum Gasteiger partial charge on any atom is -0.480 e. The van der Waals surface area contributed by atoms with E-state index in [0.29, 0.717) is 11.4 Å². The predicted octanol–water partition coefficient (Wildman–Crippen LogP) is -7.27. The molecule has 3 amide bonds. The molecule has 0 spiro atoms. The largest absolute Gasteiger partial charge is 0.480 e. The van der Waals surface area contributed by atoms with Crippen LogP contribution in [0.1, 0.15) is 37.6 Å². The summed E-state index contributed by atoms with van der Waals surface area (Å²) in [6.45, 7) is -0.00328. The van der Waals surface area contributed by atoms with Crippen molar-refractivity contribution in [3.05, 3.63) is 29.6 Å². The van der Waals surface area contributed by atoms with E-state index < -0.39 is 154 Å². The lowest BCUT2D eigenvalue weighted by atomic mass is 9.96. The van der Waals surface area contributed by atoms with Gasteiger partial charge in [-0.25, -0.2) is 14.4 Å². The average Bonchev–Trinajstić information content (AvgIpc) is 3.37. The third-order valence-electron chi connectivity index (χ3n) is 13.2. The number of hydrogen-bond donors (Lipinski definition) is 16. The maximum absolute atomic E-state index is 12.9. The number of aromatic nitrogens is 1. The van der Waals surface area contributed by atoms with Crippen LogP contribution in [0.15, 0.2) is 18.2 Å². The molecule has 0 saturated carbocycles. The van der Waals surface area contributed by atoms with Crippen molar-refractivity contribution >= 4 is 30.2 Å². The first-order chi connectivity index (χ1) is 35.6. The van der Waals surface area contributed by atoms with Crippen LogP contribution in [0.2, 0.25) is 0 Å². The number of amides is 3. The summed E-state index contributed by atoms with van der Waals surface area (Å²) in [7, 11) is 0. The summed E-state index contributed by atoms with van der Waals surface area (Å²) >= 11 is 0. The van der Waals surface area contributed by atoms with Gasteiger partial charge in [0.15, 0.2) is 12.6 Å². The number of ether oxygens (including phenoxy) is 6. The van der Waals surface area contributed by atoms with Crippen molar-refractivity contribution in [1.29, 1.82) is 0 Å². The minimum atomic E-state index is -1.86. The van der Waals surface area contributed by atoms with Gasteiger partial charge in [-0.1, -0.05) is 6.07 Å². The molecule has 75 heavy (non-hydrogen) atoms. The highest BCUT2D eigenvalue weighted by Crippen LogP contribution is 2.24. The molecule has 3 saturated heterocycles. The molecule has 1 aromatic heterocycles. The monoisotopic (exact) mass is 1080 g/mol. The summed E-state index contributed by atoms with van der Waals surface area (Å²) in [5.74, 6) is -2.49. The summed E-state index contributed by atoms with van der Waals surface area (Å²) in [5.41, 5.74) is 0.824. The zero-order valence-corrected chi connectivity index (χ0v) is 41.0. The summed E-state index contributed by atoms with van der Waals surface area (Å²) in [6.07, 6.45) is -26.5. The van der Waals surface area contributed by atoms with Crippen LogP contribution >= 0.6 is 0 Å². The van der Waals surface area contributed by atoms with Gasteiger partial charge in [0.25, 0.3) is 0 Å². The molecule has 17 atom stereocenters. The van der Waals surface area contributed by atoms with Crippen molar-refractivity contribution in [2.24, 2.45) is 0 Å². The fraction of sp³-hybridized carbons (Fsp3) is 0.773. The van der Waals surface area contributed by atoms with Crippen LogP contribution in [0.4, 0.5) is 14.4 Å². The summed E-state index contributed by atoms with van der Waals surface area (Å²) in [5, 5.41) is 138. The van der Waals surface area contributed by atoms with Crippen molar-refractivity contribution in [1.82, 2.24) is 35.6 Å². The van der Waals surface area contributed by atoms with Crippen molar-refractivity contribution in [3.8, 4) is 0 Å². The van der Waals surface area contributed by atoms with E-state index in [-0.39, 0.29) is 84.7 Å². The molecule has 426 valence electrons. The quantitative estimate of drug-likeness (QED) is 0.0426. The number of carboxylic acid groups (broad SMARTS) is 2. The van der Waals surface area contributed by atoms with Crippen molar-refractivity contribution in [2.45, 2.75) is 143 Å². The molecule has 31 nitrogen and oxygen atoms in total. The Kier molecular flexibility index (Phi) is 23.7. The first-order valence-electron chi connectivity index (χ1n) is 24.3. The molecule has 5 rings (SSSR count). The Labute approximate surface area is 429 Å². The van der Waals surface area contributed by atoms with Gasteiger partial charge in [-0.2, -0.15) is 0 Å². The highest BCUT2D eigenvalue weighted by atomic mass is 16.7. The van der Waals surface area contributed by atoms with Crippen LogP contribution in [-0.2, 0) is 51.1 Å². The first-order valence-corrected chi connectivity index (χ1v) is 24.3. The normalized spacial score (nSPS) is 33.1. The van der Waals surface area contributed by atoms with E-state index in [0.717, 1.165) is 0 Å². The third-order valence-corrected chi connectivity index (χ3v) is 13.2. The van der Waals surface area contributed by atoms with Gasteiger partial charge in [-0.15, -0.1) is 0 Å². The molecule has 31 heteroatoms. The number of aliphatic hydroxyl groups is 11. The molecule has 0 aliphatic carbocycles. The van der Waals surface area contributed by atoms with Gasteiger partial charge in [0.05, 0.1) is 17.5 Å². The summed E-state index contributed by atoms with van der Waals surface area (Å²) in [6, 6.07) is 2.53. The van der Waals surface area contributed by atoms with Gasteiger partial charge >= 0.3 is 30.2 Å². The second kappa shape index (κ2) is 29.1. The molecule has 0 aromatic carbocycles. The van der Waals surface area contributed by atoms with Gasteiger partial charge < -0.3 is 116 Å². The number of fused-ring (bicyclic) bond motifs is 2. The fourth-order valence-electron chi connectivity index (χ4n) is 8.76. The standard InChI is InChI=1S/C44H71N7O24/c1-21-29(52)33(56)30(53)26(73-21)18-70-43(68)46-9-6-24(38(61)62)50-14-12-49(11-3-8-45-42(67)71-19-27-31(54)34(57)36(59)40(65)74-27)13-15-51(17-23-5-2-4-22(16-50)48-23)25(39(63)64)7-10-47-44(69)72-20-28-32(55)35(58)37(60)41(66)75-28/h2,4-5,21,24-37,40-41,52-60,65-66H,3,6-20H2,1H3,(H,45,67)(H,46,68)(H,47,69)(H,61,62)(H,63,64)/t21?,24?,25?,26-,27-,28-,29+,30-,31-,32-,33-,34+,35+,36-,37-,40?,41?/m1/s1. The Morgan fingerprint density at radius 3 is 1.36 bits per heavy atom. The van der Waals surface area contributed by atoms with Gasteiger partial charge in [-0.05, 0) is 44.9 Å². The average molecular weight is 1080 g/mol. The van der Waals surface area contributed by atoms with E-state index in [1.807, 2.05) is 4.90 Å². The smallest absolute Gasteiger partial charge is 0.407 e. The van der Waals surface area contributed by atoms with Crippen molar-refractivity contribution in [3.63, 3.8) is 0 Å². The number of carbonyl (C=O) groups is 5. The van der Waals surface area contributed by atoms with Crippen LogP contribution in [0.3, 0.4) is 0 Å². The Morgan fingerprint density at radius 1 is 0.560 bits per heavy atom. The lowest BCUT2D eigenvalue weighted by Crippen LogP contribution is -2.58. The van der Waals surface area contributed by atoms with Crippen LogP contribution in [-0.4, -0.2) is 292 Å². The number of nitrogens with zero attached hydrogens (tertiary/aromatic N) is 4. The topological polar surface area (TPSA) is 462 Å². The third kappa shape index (κ3) is 17.6. The Hall–Kier alpha value is -4.78. The maximum Gasteiger partial charge on any atom is 0.407 e. The molecule has 16 N–H and O–H groups in total. The van der Waals surface area contributed by atoms with Crippen molar-refractivity contribution in [2.75, 3.05) is 72.2 Å². The van der Waals surface area contributed by atoms with Crippen LogP contribution in [0, 0.1) is 0 Å². The number of pyridine rings is 1. The molecular formula is C44H71N7O24. The van der Waals surface area contributed by atoms with E-state index in [9.17, 15) is 90.4 Å². The number of aliphatic hydroxyl groups excluding tert-OH is 11. The number of carbonyl (C=O) groups excluding carboxylic acids is 3. The van der Waals surface area contributed by atoms with Crippen molar-refractivity contribution < 1.29 is 119 Å². The molecule has 5 unspecified atom stereocenters. The highest BCUT2D eigenvalue weighted by molar-refractivity contribution is 5.74. The second-order valence-corrected chi connectivity index (χ2v) is 18.5. The van der Waals surface area contributed by atoms with Gasteiger partial charge in [0.1, 0.15) is 105 Å². The number of aliphatic carboxylic acids is 2. The van der Waals surface area contributed by atoms with E-state index in [4.69, 9.17) is 33.4 Å². The van der Waals surface area contributed by atoms with Gasteiger partial charge in [0.2, 0.25) is 0 Å². The van der Waals surface area contributed by atoms with E-state index in [2.05, 4.69) is 16.0 Å². The molecule has 4 aliphatic heterocycles. The van der Waals surface area contributed by atoms with Crippen LogP contribution in [0.5, 0.6) is 0 Å². The fourth-order valence-corrected chi connectivity index (χ4v) is 8.76. The minimum absolute atomic E-state index is 0.0106. The zero-order chi connectivity index (χ0) is 55.1. The molecule has 2 bridgehead atoms. The number of rotatable bonds is 20. The molecule has 0 radical (unpaired) electrons. The van der Waals surface area contributed by atoms with Crippen LogP contribution in [0.25, 0.3) is 0 Å². The first kappa shape index (κ1) is 61.1. The number of alkyl carbamates (subject to hydrolysis) is 3. The molecule has 5 heterocycles. The van der Waals surface area contributed by atoms with Gasteiger partial charge in [0, 0.05) is 58.9 Å². The number of carboxylic acids is 2. The predicted molar refractivity (Wildman–Crippen MR) is 246 cm³/mol. The van der Waals surface area contributed by atoms with E-state index >= 15 is 0 Å². The number of hydrogen-bond acceptors (Lipinski definition) is 26. The zero-order valence-electron chi connectivity index (χ0n) is 41.0. The Bertz CT molecular complexity index is 1900. The lowest BCUT2D eigenvalue weighted by Gasteiger charge is -2.38. The molecular weight excluding hydrogens is 1010 g/mol. The molecule has 1 aromatic rings. The maximum atomic E-state index is 12.9. The molecule has 4 aliphatic rings. The summed E-state index contributed by atoms with van der Waals surface area (Å²) < 4.78 is 30.8. The van der Waals surface area contributed by atoms with Gasteiger partial charge in [-0.3, -0.25) is 24.4 Å². The Balaban J connectivity index is 1.24.